The van der Waals surface area contributed by atoms with E-state index in [1.54, 1.807) is 20.8 Å². The molecule has 2 saturated carbocycles. The van der Waals surface area contributed by atoms with Crippen LogP contribution in [-0.4, -0.2) is 56.6 Å². The van der Waals surface area contributed by atoms with Gasteiger partial charge in [0.15, 0.2) is 11.6 Å². The van der Waals surface area contributed by atoms with E-state index in [0.29, 0.717) is 12.8 Å². The maximum Gasteiger partial charge on any atom is 0.306 e. The van der Waals surface area contributed by atoms with Gasteiger partial charge >= 0.3 is 5.97 Å². The van der Waals surface area contributed by atoms with Gasteiger partial charge in [-0.3, -0.25) is 24.0 Å². The second-order valence-corrected chi connectivity index (χ2v) is 13.8. The molecule has 0 heterocycles. The van der Waals surface area contributed by atoms with E-state index in [9.17, 15) is 39.3 Å². The molecule has 0 unspecified atom stereocenters. The molecule has 0 aromatic heterocycles. The highest BCUT2D eigenvalue weighted by molar-refractivity contribution is 6.17. The van der Waals surface area contributed by atoms with Gasteiger partial charge in [0.1, 0.15) is 17.7 Å². The van der Waals surface area contributed by atoms with Gasteiger partial charge in [0, 0.05) is 47.7 Å². The van der Waals surface area contributed by atoms with Crippen LogP contribution in [0.1, 0.15) is 87.0 Å². The van der Waals surface area contributed by atoms with Crippen LogP contribution in [0.25, 0.3) is 0 Å². The molecule has 210 valence electrons. The molecule has 0 amide bonds. The van der Waals surface area contributed by atoms with Crippen LogP contribution in [-0.2, 0) is 24.0 Å². The number of hydrogen-bond donors (Lipinski definition) is 3. The molecule has 0 aromatic rings. The summed E-state index contributed by atoms with van der Waals surface area (Å²) in [6, 6.07) is 0. The number of hydrogen-bond acceptors (Lipinski definition) is 7. The molecule has 0 radical (unpaired) electrons. The van der Waals surface area contributed by atoms with Crippen molar-refractivity contribution in [3.8, 4) is 0 Å². The third-order valence-corrected chi connectivity index (χ3v) is 11.5. The predicted molar refractivity (Wildman–Crippen MR) is 138 cm³/mol. The van der Waals surface area contributed by atoms with Gasteiger partial charge in [-0.15, -0.1) is 0 Å². The second-order valence-electron chi connectivity index (χ2n) is 13.8. The van der Waals surface area contributed by atoms with Crippen LogP contribution in [0.15, 0.2) is 11.1 Å². The Bertz CT molecular complexity index is 1150. The Balaban J connectivity index is 1.80. The minimum atomic E-state index is -1.53. The summed E-state index contributed by atoms with van der Waals surface area (Å²) in [6.45, 7) is 12.4. The van der Waals surface area contributed by atoms with Crippen molar-refractivity contribution in [3.63, 3.8) is 0 Å². The molecule has 4 rings (SSSR count). The van der Waals surface area contributed by atoms with Crippen molar-refractivity contribution in [1.29, 1.82) is 0 Å². The summed E-state index contributed by atoms with van der Waals surface area (Å²) in [7, 11) is 0. The standard InChI is InChI=1S/C30H42O8/c1-14(10-16(31)11-15(2)26(37)38)17-12-21(34)30(7)22-18(32)13-19-27(3,4)20(33)8-9-28(19,5)23(22)24(35)25(36)29(17,30)6/h14-15,17,19-20,25,33,36H,8-13H2,1-7H3,(H,37,38)/t14-,15+,17-,19+,20+,25+,28+,29+,30+/m1/s1. The minimum absolute atomic E-state index is 0.0217. The number of carboxylic acid groups (broad SMARTS) is 1. The minimum Gasteiger partial charge on any atom is -0.481 e. The van der Waals surface area contributed by atoms with Crippen LogP contribution in [0.2, 0.25) is 0 Å². The van der Waals surface area contributed by atoms with Crippen molar-refractivity contribution in [3.05, 3.63) is 11.1 Å². The number of aliphatic hydroxyl groups excluding tert-OH is 2. The van der Waals surface area contributed by atoms with Gasteiger partial charge < -0.3 is 15.3 Å². The van der Waals surface area contributed by atoms with Crippen molar-refractivity contribution >= 4 is 29.1 Å². The van der Waals surface area contributed by atoms with Crippen molar-refractivity contribution in [1.82, 2.24) is 0 Å². The first-order chi connectivity index (χ1) is 17.4. The van der Waals surface area contributed by atoms with E-state index in [1.807, 2.05) is 20.8 Å². The zero-order valence-corrected chi connectivity index (χ0v) is 23.6. The highest BCUT2D eigenvalue weighted by Gasteiger charge is 2.73. The summed E-state index contributed by atoms with van der Waals surface area (Å²) in [5.41, 5.74) is -3.58. The lowest BCUT2D eigenvalue weighted by Crippen LogP contribution is -2.64. The van der Waals surface area contributed by atoms with E-state index < -0.39 is 63.4 Å². The van der Waals surface area contributed by atoms with Crippen LogP contribution in [0.5, 0.6) is 0 Å². The van der Waals surface area contributed by atoms with Crippen LogP contribution in [0, 0.1) is 45.3 Å². The quantitative estimate of drug-likeness (QED) is 0.474. The maximum absolute atomic E-state index is 14.1. The highest BCUT2D eigenvalue weighted by Crippen LogP contribution is 2.70. The molecule has 4 aliphatic carbocycles. The molecular formula is C30H42O8. The SMILES string of the molecule is C[C@H](CC(=O)C[C@H](C)C(=O)O)[C@H]1CC(=O)[C@@]2(C)C3=C(C(=O)[C@H](O)[C@]12C)[C@@]1(C)CC[C@H](O)C(C)(C)[C@@H]1CC3=O. The Kier molecular flexibility index (Phi) is 6.76. The fourth-order valence-corrected chi connectivity index (χ4v) is 8.86. The van der Waals surface area contributed by atoms with Gasteiger partial charge in [-0.1, -0.05) is 41.5 Å². The summed E-state index contributed by atoms with van der Waals surface area (Å²) >= 11 is 0. The summed E-state index contributed by atoms with van der Waals surface area (Å²) < 4.78 is 0. The number of allylic oxidation sites excluding steroid dienone is 1. The van der Waals surface area contributed by atoms with Gasteiger partial charge in [-0.2, -0.15) is 0 Å². The normalized spacial score (nSPS) is 41.8. The molecule has 4 aliphatic rings. The maximum atomic E-state index is 14.1. The number of aliphatic carboxylic acids is 1. The van der Waals surface area contributed by atoms with Crippen molar-refractivity contribution in [2.45, 2.75) is 99.2 Å². The monoisotopic (exact) mass is 530 g/mol. The number of aliphatic hydroxyl groups is 2. The Morgan fingerprint density at radius 2 is 1.55 bits per heavy atom. The lowest BCUT2D eigenvalue weighted by Gasteiger charge is -2.60. The first-order valence-electron chi connectivity index (χ1n) is 13.8. The Morgan fingerprint density at radius 1 is 0.947 bits per heavy atom. The number of fused-ring (bicyclic) bond motifs is 4. The van der Waals surface area contributed by atoms with E-state index in [2.05, 4.69) is 0 Å². The lowest BCUT2D eigenvalue weighted by molar-refractivity contribution is -0.159. The molecule has 0 spiro atoms. The van der Waals surface area contributed by atoms with Crippen molar-refractivity contribution < 1.29 is 39.3 Å². The molecular weight excluding hydrogens is 488 g/mol. The van der Waals surface area contributed by atoms with Crippen molar-refractivity contribution in [2.24, 2.45) is 45.3 Å². The molecule has 3 N–H and O–H groups in total. The average molecular weight is 531 g/mol. The van der Waals surface area contributed by atoms with Gasteiger partial charge in [0.25, 0.3) is 0 Å². The van der Waals surface area contributed by atoms with Crippen LogP contribution >= 0.6 is 0 Å². The van der Waals surface area contributed by atoms with Crippen LogP contribution in [0.3, 0.4) is 0 Å². The summed E-state index contributed by atoms with van der Waals surface area (Å²) in [5.74, 6) is -4.41. The molecule has 0 bridgehead atoms. The zero-order chi connectivity index (χ0) is 28.7. The van der Waals surface area contributed by atoms with E-state index in [-0.39, 0.29) is 60.1 Å². The van der Waals surface area contributed by atoms with Crippen LogP contribution in [0.4, 0.5) is 0 Å². The third-order valence-electron chi connectivity index (χ3n) is 11.5. The predicted octanol–water partition coefficient (Wildman–Crippen LogP) is 3.31. The topological polar surface area (TPSA) is 146 Å². The fourth-order valence-electron chi connectivity index (χ4n) is 8.86. The highest BCUT2D eigenvalue weighted by atomic mass is 16.4. The van der Waals surface area contributed by atoms with Gasteiger partial charge in [0.2, 0.25) is 0 Å². The Labute approximate surface area is 224 Å². The Morgan fingerprint density at radius 3 is 2.13 bits per heavy atom. The van der Waals surface area contributed by atoms with Gasteiger partial charge in [-0.25, -0.2) is 0 Å². The molecule has 0 aliphatic heterocycles. The van der Waals surface area contributed by atoms with Gasteiger partial charge in [-0.05, 0) is 42.9 Å². The van der Waals surface area contributed by atoms with E-state index in [0.717, 1.165) is 0 Å². The first-order valence-corrected chi connectivity index (χ1v) is 13.8. The molecule has 38 heavy (non-hydrogen) atoms. The van der Waals surface area contributed by atoms with Crippen molar-refractivity contribution in [2.75, 3.05) is 0 Å². The third kappa shape index (κ3) is 3.58. The molecule has 9 atom stereocenters. The first kappa shape index (κ1) is 28.8. The Hall–Kier alpha value is -2.19. The largest absolute Gasteiger partial charge is 0.481 e. The number of carbonyl (C=O) groups is 5. The fraction of sp³-hybridized carbons (Fsp3) is 0.767. The second kappa shape index (κ2) is 8.91. The summed E-state index contributed by atoms with van der Waals surface area (Å²) in [5, 5.41) is 31.6. The van der Waals surface area contributed by atoms with E-state index in [1.165, 1.54) is 6.92 Å². The smallest absolute Gasteiger partial charge is 0.306 e. The van der Waals surface area contributed by atoms with E-state index in [4.69, 9.17) is 0 Å². The number of Topliss-reactive ketones (excluding diaryl/α,β-unsaturated/α-hetero) is 4. The number of carbonyl (C=O) groups excluding carboxylic acids is 4. The summed E-state index contributed by atoms with van der Waals surface area (Å²) in [6.07, 6.45) is -1.20. The van der Waals surface area contributed by atoms with Crippen LogP contribution < -0.4 is 0 Å². The molecule has 0 saturated heterocycles. The average Bonchev–Trinajstić information content (AvgIpc) is 3.03. The molecule has 2 fully saturated rings. The lowest BCUT2D eigenvalue weighted by atomic mass is 9.42. The van der Waals surface area contributed by atoms with E-state index >= 15 is 0 Å². The number of rotatable bonds is 6. The zero-order valence-electron chi connectivity index (χ0n) is 23.6. The molecule has 8 nitrogen and oxygen atoms in total. The molecule has 0 aromatic carbocycles. The number of ketones is 4. The number of carboxylic acids is 1. The molecule has 8 heteroatoms. The summed E-state index contributed by atoms with van der Waals surface area (Å²) in [4.78, 5) is 65.8. The van der Waals surface area contributed by atoms with Gasteiger partial charge in [0.05, 0.1) is 17.4 Å².